The Kier molecular flexibility index (Phi) is 5.25. The minimum Gasteiger partial charge on any atom is -0.298 e. The van der Waals surface area contributed by atoms with Crippen LogP contribution in [0, 0.1) is 5.82 Å². The summed E-state index contributed by atoms with van der Waals surface area (Å²) in [6.07, 6.45) is 4.90. The quantitative estimate of drug-likeness (QED) is 0.796. The fourth-order valence-corrected chi connectivity index (χ4v) is 4.83. The maximum atomic E-state index is 13.4. The summed E-state index contributed by atoms with van der Waals surface area (Å²) in [5.41, 5.74) is 1.05. The Labute approximate surface area is 139 Å². The molecule has 0 aliphatic carbocycles. The van der Waals surface area contributed by atoms with E-state index in [2.05, 4.69) is 32.0 Å². The maximum Gasteiger partial charge on any atom is 0.123 e. The van der Waals surface area contributed by atoms with Gasteiger partial charge in [0.15, 0.2) is 0 Å². The largest absolute Gasteiger partial charge is 0.298 e. The van der Waals surface area contributed by atoms with E-state index in [0.717, 1.165) is 29.7 Å². The van der Waals surface area contributed by atoms with Crippen molar-refractivity contribution in [2.24, 2.45) is 0 Å². The monoisotopic (exact) mass is 372 g/mol. The number of rotatable bonds is 4. The third-order valence-electron chi connectivity index (χ3n) is 4.63. The summed E-state index contributed by atoms with van der Waals surface area (Å²) in [6.45, 7) is 5.54. The zero-order valence-corrected chi connectivity index (χ0v) is 14.8. The van der Waals surface area contributed by atoms with Crippen LogP contribution in [0.2, 0.25) is 0 Å². The van der Waals surface area contributed by atoms with E-state index in [1.807, 2.05) is 17.8 Å². The smallest absolute Gasteiger partial charge is 0.123 e. The van der Waals surface area contributed by atoms with Gasteiger partial charge in [0.05, 0.1) is 0 Å². The Bertz CT molecular complexity index is 493. The average molecular weight is 373 g/mol. The van der Waals surface area contributed by atoms with Crippen LogP contribution in [-0.4, -0.2) is 53.5 Å². The Balaban J connectivity index is 1.68. The van der Waals surface area contributed by atoms with Gasteiger partial charge in [-0.25, -0.2) is 4.39 Å². The highest BCUT2D eigenvalue weighted by Crippen LogP contribution is 2.30. The van der Waals surface area contributed by atoms with E-state index in [9.17, 15) is 4.39 Å². The molecule has 2 heterocycles. The summed E-state index contributed by atoms with van der Waals surface area (Å²) in [7, 11) is 0. The van der Waals surface area contributed by atoms with E-state index < -0.39 is 0 Å². The van der Waals surface area contributed by atoms with Crippen LogP contribution in [-0.2, 0) is 6.54 Å². The van der Waals surface area contributed by atoms with Crippen molar-refractivity contribution in [2.75, 3.05) is 32.4 Å². The molecule has 1 aromatic carbocycles. The molecule has 2 atom stereocenters. The molecule has 5 heteroatoms. The van der Waals surface area contributed by atoms with Gasteiger partial charge in [0, 0.05) is 35.4 Å². The molecular weight excluding hydrogens is 351 g/mol. The second-order valence-corrected chi connectivity index (χ2v) is 7.95. The number of halogens is 2. The number of thioether (sulfide) groups is 1. The van der Waals surface area contributed by atoms with Gasteiger partial charge in [0.25, 0.3) is 0 Å². The van der Waals surface area contributed by atoms with Crippen molar-refractivity contribution in [3.63, 3.8) is 0 Å². The molecule has 1 aromatic rings. The van der Waals surface area contributed by atoms with Crippen LogP contribution >= 0.6 is 27.7 Å². The molecule has 21 heavy (non-hydrogen) atoms. The Hall–Kier alpha value is -0.100. The zero-order chi connectivity index (χ0) is 14.8. The molecule has 3 rings (SSSR count). The lowest BCUT2D eigenvalue weighted by atomic mass is 10.2. The number of nitrogens with zero attached hydrogens (tertiary/aromatic N) is 2. The van der Waals surface area contributed by atoms with Crippen molar-refractivity contribution in [1.82, 2.24) is 9.80 Å². The summed E-state index contributed by atoms with van der Waals surface area (Å²) in [4.78, 5) is 5.13. The summed E-state index contributed by atoms with van der Waals surface area (Å²) in [5.74, 6) is -0.148. The van der Waals surface area contributed by atoms with Crippen LogP contribution in [0.5, 0.6) is 0 Å². The average Bonchev–Trinajstić information content (AvgIpc) is 3.11. The van der Waals surface area contributed by atoms with Crippen molar-refractivity contribution >= 4 is 27.7 Å². The second kappa shape index (κ2) is 6.99. The second-order valence-electron chi connectivity index (χ2n) is 6.01. The lowest BCUT2D eigenvalue weighted by molar-refractivity contribution is 0.231. The summed E-state index contributed by atoms with van der Waals surface area (Å²) < 4.78 is 14.4. The van der Waals surface area contributed by atoms with Crippen LogP contribution in [0.3, 0.4) is 0 Å². The zero-order valence-electron chi connectivity index (χ0n) is 12.4. The topological polar surface area (TPSA) is 6.48 Å². The van der Waals surface area contributed by atoms with E-state index in [-0.39, 0.29) is 5.82 Å². The molecule has 0 amide bonds. The van der Waals surface area contributed by atoms with Crippen LogP contribution in [0.1, 0.15) is 18.4 Å². The van der Waals surface area contributed by atoms with Crippen molar-refractivity contribution in [1.29, 1.82) is 0 Å². The number of hydrogen-bond acceptors (Lipinski definition) is 3. The summed E-state index contributed by atoms with van der Waals surface area (Å²) in [6, 6.07) is 5.64. The Morgan fingerprint density at radius 3 is 2.76 bits per heavy atom. The summed E-state index contributed by atoms with van der Waals surface area (Å²) in [5, 5.41) is 0.676. The Morgan fingerprint density at radius 1 is 1.29 bits per heavy atom. The number of benzene rings is 1. The van der Waals surface area contributed by atoms with Crippen molar-refractivity contribution < 1.29 is 4.39 Å². The standard InChI is InChI=1S/C16H22BrFN2S/c1-21-16-11-19(10-15(16)20-6-2-3-7-20)9-12-8-13(18)4-5-14(12)17/h4-5,8,15-16H,2-3,6-7,9-11H2,1H3/t15-,16-/m1/s1. The molecule has 2 aliphatic heterocycles. The maximum absolute atomic E-state index is 13.4. The molecule has 0 saturated carbocycles. The fraction of sp³-hybridized carbons (Fsp3) is 0.625. The van der Waals surface area contributed by atoms with Crippen molar-refractivity contribution in [3.8, 4) is 0 Å². The van der Waals surface area contributed by atoms with E-state index in [1.54, 1.807) is 6.07 Å². The van der Waals surface area contributed by atoms with Crippen LogP contribution in [0.25, 0.3) is 0 Å². The first kappa shape index (κ1) is 15.8. The third-order valence-corrected chi connectivity index (χ3v) is 6.47. The molecule has 0 aromatic heterocycles. The van der Waals surface area contributed by atoms with Gasteiger partial charge >= 0.3 is 0 Å². The van der Waals surface area contributed by atoms with Gasteiger partial charge in [-0.1, -0.05) is 15.9 Å². The van der Waals surface area contributed by atoms with Gasteiger partial charge in [-0.2, -0.15) is 11.8 Å². The highest BCUT2D eigenvalue weighted by Gasteiger charge is 2.37. The molecule has 2 fully saturated rings. The predicted octanol–water partition coefficient (Wildman–Crippen LogP) is 3.60. The van der Waals surface area contributed by atoms with Crippen LogP contribution in [0.4, 0.5) is 4.39 Å². The lowest BCUT2D eigenvalue weighted by Crippen LogP contribution is -2.40. The molecule has 0 unspecified atom stereocenters. The predicted molar refractivity (Wildman–Crippen MR) is 91.3 cm³/mol. The van der Waals surface area contributed by atoms with E-state index in [1.165, 1.54) is 32.0 Å². The number of hydrogen-bond donors (Lipinski definition) is 0. The first-order valence-corrected chi connectivity index (χ1v) is 9.68. The molecule has 2 aliphatic rings. The van der Waals surface area contributed by atoms with Gasteiger partial charge in [0.2, 0.25) is 0 Å². The van der Waals surface area contributed by atoms with Gasteiger partial charge in [0.1, 0.15) is 5.82 Å². The van der Waals surface area contributed by atoms with Gasteiger partial charge in [-0.3, -0.25) is 9.80 Å². The highest BCUT2D eigenvalue weighted by molar-refractivity contribution is 9.10. The molecule has 2 nitrogen and oxygen atoms in total. The minimum atomic E-state index is -0.148. The number of likely N-dealkylation sites (tertiary alicyclic amines) is 2. The van der Waals surface area contributed by atoms with Crippen LogP contribution < -0.4 is 0 Å². The molecule has 0 N–H and O–H groups in total. The first-order chi connectivity index (χ1) is 10.2. The lowest BCUT2D eigenvalue weighted by Gasteiger charge is -2.27. The molecule has 2 saturated heterocycles. The van der Waals surface area contributed by atoms with E-state index >= 15 is 0 Å². The van der Waals surface area contributed by atoms with Crippen LogP contribution in [0.15, 0.2) is 22.7 Å². The van der Waals surface area contributed by atoms with Gasteiger partial charge in [-0.05, 0) is 55.9 Å². The SMILES string of the molecule is CS[C@@H]1CN(Cc2cc(F)ccc2Br)C[C@H]1N1CCCC1. The molecule has 0 bridgehead atoms. The van der Waals surface area contributed by atoms with Crippen molar-refractivity contribution in [3.05, 3.63) is 34.1 Å². The van der Waals surface area contributed by atoms with E-state index in [4.69, 9.17) is 0 Å². The third kappa shape index (κ3) is 3.63. The Morgan fingerprint density at radius 2 is 2.05 bits per heavy atom. The molecule has 0 spiro atoms. The molecule has 0 radical (unpaired) electrons. The first-order valence-electron chi connectivity index (χ1n) is 7.60. The van der Waals surface area contributed by atoms with Gasteiger partial charge < -0.3 is 0 Å². The van der Waals surface area contributed by atoms with E-state index in [0.29, 0.717) is 11.3 Å². The molecular formula is C16H22BrFN2S. The highest BCUT2D eigenvalue weighted by atomic mass is 79.9. The van der Waals surface area contributed by atoms with Gasteiger partial charge in [-0.15, -0.1) is 0 Å². The van der Waals surface area contributed by atoms with Crippen molar-refractivity contribution in [2.45, 2.75) is 30.7 Å². The fourth-order valence-electron chi connectivity index (χ4n) is 3.52. The normalized spacial score (nSPS) is 27.6. The molecule has 116 valence electrons. The minimum absolute atomic E-state index is 0.148. The summed E-state index contributed by atoms with van der Waals surface area (Å²) >= 11 is 5.52.